The molecule has 1 aliphatic rings. The molecule has 0 radical (unpaired) electrons. The molecule has 0 aromatic rings. The van der Waals surface area contributed by atoms with Gasteiger partial charge in [0, 0.05) is 6.54 Å². The Morgan fingerprint density at radius 2 is 2.36 bits per heavy atom. The third-order valence-electron chi connectivity index (χ3n) is 2.85. The summed E-state index contributed by atoms with van der Waals surface area (Å²) < 4.78 is 0.799. The maximum atomic E-state index is 11.5. The second-order valence-corrected chi connectivity index (χ2v) is 4.54. The van der Waals surface area contributed by atoms with Crippen molar-refractivity contribution >= 4 is 5.91 Å². The third kappa shape index (κ3) is 3.27. The molecule has 1 fully saturated rings. The Morgan fingerprint density at radius 1 is 1.64 bits per heavy atom. The van der Waals surface area contributed by atoms with Gasteiger partial charge < -0.3 is 15.5 Å². The van der Waals surface area contributed by atoms with E-state index in [9.17, 15) is 4.79 Å². The molecule has 1 heterocycles. The molecule has 0 aliphatic carbocycles. The standard InChI is InChI=1S/C10H21N3O/c1-3-12-10(14)8-13(2)6-4-5-9(11)7-13/h9H,3-8,11H2,1-2H3/p+1/t9-,13?/m1/s1. The lowest BCUT2D eigenvalue weighted by Gasteiger charge is -2.39. The highest BCUT2D eigenvalue weighted by Crippen LogP contribution is 2.14. The van der Waals surface area contributed by atoms with Crippen molar-refractivity contribution in [3.8, 4) is 0 Å². The molecule has 0 aromatic heterocycles. The molecule has 82 valence electrons. The van der Waals surface area contributed by atoms with Gasteiger partial charge in [0.05, 0.1) is 26.2 Å². The van der Waals surface area contributed by atoms with Crippen molar-refractivity contribution in [1.29, 1.82) is 0 Å². The summed E-state index contributed by atoms with van der Waals surface area (Å²) in [6.45, 7) is 5.23. The van der Waals surface area contributed by atoms with Gasteiger partial charge in [-0.1, -0.05) is 0 Å². The van der Waals surface area contributed by atoms with Crippen LogP contribution in [0.15, 0.2) is 0 Å². The van der Waals surface area contributed by atoms with E-state index in [1.165, 1.54) is 0 Å². The molecule has 1 saturated heterocycles. The van der Waals surface area contributed by atoms with Crippen LogP contribution in [0.5, 0.6) is 0 Å². The van der Waals surface area contributed by atoms with E-state index in [4.69, 9.17) is 5.73 Å². The van der Waals surface area contributed by atoms with Crippen molar-refractivity contribution in [3.63, 3.8) is 0 Å². The molecule has 3 N–H and O–H groups in total. The molecule has 0 saturated carbocycles. The van der Waals surface area contributed by atoms with Crippen molar-refractivity contribution in [1.82, 2.24) is 5.32 Å². The van der Waals surface area contributed by atoms with Gasteiger partial charge in [0.15, 0.2) is 6.54 Å². The molecule has 0 spiro atoms. The van der Waals surface area contributed by atoms with Crippen molar-refractivity contribution in [2.24, 2.45) is 5.73 Å². The van der Waals surface area contributed by atoms with Gasteiger partial charge >= 0.3 is 0 Å². The second kappa shape index (κ2) is 4.75. The minimum atomic E-state index is 0.143. The van der Waals surface area contributed by atoms with Gasteiger partial charge in [-0.25, -0.2) is 0 Å². The quantitative estimate of drug-likeness (QED) is 0.614. The van der Waals surface area contributed by atoms with E-state index < -0.39 is 0 Å². The van der Waals surface area contributed by atoms with E-state index in [1.54, 1.807) is 0 Å². The van der Waals surface area contributed by atoms with E-state index >= 15 is 0 Å². The predicted octanol–water partition coefficient (Wildman–Crippen LogP) is -0.310. The lowest BCUT2D eigenvalue weighted by Crippen LogP contribution is -2.58. The number of rotatable bonds is 3. The molecular weight excluding hydrogens is 178 g/mol. The zero-order valence-corrected chi connectivity index (χ0v) is 9.25. The Balaban J connectivity index is 2.43. The van der Waals surface area contributed by atoms with Gasteiger partial charge in [-0.05, 0) is 19.8 Å². The number of hydrogen-bond donors (Lipinski definition) is 2. The number of likely N-dealkylation sites (tertiary alicyclic amines) is 1. The summed E-state index contributed by atoms with van der Waals surface area (Å²) in [5, 5.41) is 2.84. The van der Waals surface area contributed by atoms with Crippen LogP contribution in [0, 0.1) is 0 Å². The summed E-state index contributed by atoms with van der Waals surface area (Å²) >= 11 is 0. The Bertz CT molecular complexity index is 208. The summed E-state index contributed by atoms with van der Waals surface area (Å²) in [5.74, 6) is 0.143. The summed E-state index contributed by atoms with van der Waals surface area (Å²) in [5.41, 5.74) is 5.91. The fraction of sp³-hybridized carbons (Fsp3) is 0.900. The number of amides is 1. The van der Waals surface area contributed by atoms with Gasteiger partial charge in [0.25, 0.3) is 5.91 Å². The number of carbonyl (C=O) groups excluding carboxylic acids is 1. The molecule has 0 aromatic carbocycles. The molecule has 1 amide bonds. The lowest BCUT2D eigenvalue weighted by atomic mass is 10.0. The number of hydrogen-bond acceptors (Lipinski definition) is 2. The van der Waals surface area contributed by atoms with E-state index in [2.05, 4.69) is 12.4 Å². The molecule has 14 heavy (non-hydrogen) atoms. The number of nitrogens with one attached hydrogen (secondary N) is 1. The highest BCUT2D eigenvalue weighted by molar-refractivity contribution is 5.76. The molecule has 1 rings (SSSR count). The Hall–Kier alpha value is -0.610. The number of piperidine rings is 1. The minimum absolute atomic E-state index is 0.143. The SMILES string of the molecule is CCNC(=O)C[N+]1(C)CCC[C@@H](N)C1. The van der Waals surface area contributed by atoms with Gasteiger partial charge in [-0.2, -0.15) is 0 Å². The highest BCUT2D eigenvalue weighted by atomic mass is 16.2. The first kappa shape index (κ1) is 11.5. The first-order chi connectivity index (χ1) is 6.56. The van der Waals surface area contributed by atoms with E-state index in [0.29, 0.717) is 13.1 Å². The monoisotopic (exact) mass is 200 g/mol. The number of quaternary nitrogens is 1. The molecule has 2 atom stereocenters. The number of nitrogens with two attached hydrogens (primary N) is 1. The van der Waals surface area contributed by atoms with Crippen LogP contribution < -0.4 is 11.1 Å². The number of nitrogens with zero attached hydrogens (tertiary/aromatic N) is 1. The zero-order chi connectivity index (χ0) is 10.6. The topological polar surface area (TPSA) is 55.1 Å². The van der Waals surface area contributed by atoms with Crippen LogP contribution in [0.3, 0.4) is 0 Å². The number of likely N-dealkylation sites (N-methyl/N-ethyl adjacent to an activating group) is 2. The first-order valence-corrected chi connectivity index (χ1v) is 5.41. The van der Waals surface area contributed by atoms with Crippen LogP contribution in [0.1, 0.15) is 19.8 Å². The average Bonchev–Trinajstić information content (AvgIpc) is 2.02. The number of carbonyl (C=O) groups is 1. The van der Waals surface area contributed by atoms with Crippen molar-refractivity contribution in [2.75, 3.05) is 33.2 Å². The fourth-order valence-corrected chi connectivity index (χ4v) is 2.23. The van der Waals surface area contributed by atoms with Gasteiger partial charge in [0.2, 0.25) is 0 Å². The molecule has 4 heteroatoms. The van der Waals surface area contributed by atoms with E-state index in [1.807, 2.05) is 6.92 Å². The predicted molar refractivity (Wildman–Crippen MR) is 56.7 cm³/mol. The largest absolute Gasteiger partial charge is 0.351 e. The summed E-state index contributed by atoms with van der Waals surface area (Å²) in [7, 11) is 2.12. The lowest BCUT2D eigenvalue weighted by molar-refractivity contribution is -0.907. The van der Waals surface area contributed by atoms with Crippen molar-refractivity contribution in [3.05, 3.63) is 0 Å². The highest BCUT2D eigenvalue weighted by Gasteiger charge is 2.31. The van der Waals surface area contributed by atoms with E-state index in [-0.39, 0.29) is 11.9 Å². The first-order valence-electron chi connectivity index (χ1n) is 5.41. The summed E-state index contributed by atoms with van der Waals surface area (Å²) in [6.07, 6.45) is 2.24. The van der Waals surface area contributed by atoms with Crippen LogP contribution in [0.2, 0.25) is 0 Å². The van der Waals surface area contributed by atoms with Crippen LogP contribution in [-0.2, 0) is 4.79 Å². The second-order valence-electron chi connectivity index (χ2n) is 4.54. The molecule has 0 bridgehead atoms. The minimum Gasteiger partial charge on any atom is -0.351 e. The van der Waals surface area contributed by atoms with Crippen molar-refractivity contribution in [2.45, 2.75) is 25.8 Å². The maximum Gasteiger partial charge on any atom is 0.275 e. The molecule has 4 nitrogen and oxygen atoms in total. The van der Waals surface area contributed by atoms with Crippen LogP contribution in [0.25, 0.3) is 0 Å². The van der Waals surface area contributed by atoms with Gasteiger partial charge in [-0.3, -0.25) is 4.79 Å². The average molecular weight is 200 g/mol. The Morgan fingerprint density at radius 3 is 2.93 bits per heavy atom. The smallest absolute Gasteiger partial charge is 0.275 e. The fourth-order valence-electron chi connectivity index (χ4n) is 2.23. The maximum absolute atomic E-state index is 11.5. The van der Waals surface area contributed by atoms with Crippen LogP contribution >= 0.6 is 0 Å². The van der Waals surface area contributed by atoms with Gasteiger partial charge in [-0.15, -0.1) is 0 Å². The van der Waals surface area contributed by atoms with Crippen molar-refractivity contribution < 1.29 is 9.28 Å². The normalized spacial score (nSPS) is 32.6. The third-order valence-corrected chi connectivity index (χ3v) is 2.85. The summed E-state index contributed by atoms with van der Waals surface area (Å²) in [6, 6.07) is 0.267. The molecule has 1 aliphatic heterocycles. The molecular formula is C10H22N3O+. The van der Waals surface area contributed by atoms with Crippen LogP contribution in [-0.4, -0.2) is 49.7 Å². The van der Waals surface area contributed by atoms with Gasteiger partial charge in [0.1, 0.15) is 0 Å². The Kier molecular flexibility index (Phi) is 3.89. The summed E-state index contributed by atoms with van der Waals surface area (Å²) in [4.78, 5) is 11.5. The molecule has 1 unspecified atom stereocenters. The van der Waals surface area contributed by atoms with Crippen LogP contribution in [0.4, 0.5) is 0 Å². The van der Waals surface area contributed by atoms with E-state index in [0.717, 1.165) is 30.4 Å². The Labute approximate surface area is 86.0 Å². The zero-order valence-electron chi connectivity index (χ0n) is 9.25.